The maximum absolute atomic E-state index is 12.0. The minimum Gasteiger partial charge on any atom is -0.362 e. The van der Waals surface area contributed by atoms with Gasteiger partial charge in [0.25, 0.3) is 0 Å². The zero-order valence-electron chi connectivity index (χ0n) is 17.5. The van der Waals surface area contributed by atoms with Gasteiger partial charge in [-0.05, 0) is 6.42 Å². The van der Waals surface area contributed by atoms with Gasteiger partial charge in [-0.2, -0.15) is 0 Å². The summed E-state index contributed by atoms with van der Waals surface area (Å²) in [5.41, 5.74) is 0. The summed E-state index contributed by atoms with van der Waals surface area (Å²) in [6.07, 6.45) is 18.6. The normalized spacial score (nSPS) is 13.1. The summed E-state index contributed by atoms with van der Waals surface area (Å²) in [6.45, 7) is 4.60. The van der Waals surface area contributed by atoms with E-state index in [2.05, 4.69) is 36.2 Å². The van der Waals surface area contributed by atoms with Crippen LogP contribution in [0.15, 0.2) is 18.5 Å². The molecule has 166 valence electrons. The Kier molecular flexibility index (Phi) is 12.4. The molecule has 0 saturated heterocycles. The Balaban J connectivity index is 0.000000326. The van der Waals surface area contributed by atoms with Crippen molar-refractivity contribution in [2.24, 2.45) is 0 Å². The molecule has 0 saturated carbocycles. The van der Waals surface area contributed by atoms with Crippen molar-refractivity contribution in [3.05, 3.63) is 47.6 Å². The van der Waals surface area contributed by atoms with E-state index in [1.54, 1.807) is 0 Å². The van der Waals surface area contributed by atoms with Crippen molar-refractivity contribution in [2.75, 3.05) is 20.3 Å². The second-order valence-electron chi connectivity index (χ2n) is 7.47. The van der Waals surface area contributed by atoms with Gasteiger partial charge >= 0.3 is 0 Å². The van der Waals surface area contributed by atoms with Crippen LogP contribution in [-0.2, 0) is 0 Å². The molecule has 0 aromatic heterocycles. The Hall–Kier alpha value is -1.79. The minimum absolute atomic E-state index is 0.0618. The molecular formula is C22H33F5N2. The van der Waals surface area contributed by atoms with Crippen LogP contribution in [0.2, 0.25) is 0 Å². The highest BCUT2D eigenvalue weighted by Gasteiger charge is 2.18. The molecule has 1 aromatic rings. The molecular weight excluding hydrogens is 387 g/mol. The molecule has 1 aliphatic heterocycles. The van der Waals surface area contributed by atoms with Crippen LogP contribution in [0, 0.1) is 29.1 Å². The second kappa shape index (κ2) is 14.2. The predicted molar refractivity (Wildman–Crippen MR) is 107 cm³/mol. The molecule has 2 rings (SSSR count). The first kappa shape index (κ1) is 25.2. The first-order chi connectivity index (χ1) is 13.9. The molecule has 0 N–H and O–H groups in total. The van der Waals surface area contributed by atoms with Crippen LogP contribution in [0.4, 0.5) is 22.0 Å². The van der Waals surface area contributed by atoms with Gasteiger partial charge < -0.3 is 9.80 Å². The van der Waals surface area contributed by atoms with E-state index < -0.39 is 29.1 Å². The third kappa shape index (κ3) is 9.99. The van der Waals surface area contributed by atoms with Gasteiger partial charge in [0.1, 0.15) is 0 Å². The number of unbranched alkanes of at least 4 members (excludes halogenated alkanes) is 9. The van der Waals surface area contributed by atoms with Crippen LogP contribution in [-0.4, -0.2) is 30.1 Å². The van der Waals surface area contributed by atoms with Gasteiger partial charge in [0.15, 0.2) is 23.3 Å². The lowest BCUT2D eigenvalue weighted by atomic mass is 10.1. The van der Waals surface area contributed by atoms with E-state index in [4.69, 9.17) is 0 Å². The summed E-state index contributed by atoms with van der Waals surface area (Å²) in [4.78, 5) is 4.64. The fourth-order valence-corrected chi connectivity index (χ4v) is 3.08. The fourth-order valence-electron chi connectivity index (χ4n) is 3.08. The molecule has 1 aliphatic rings. The standard InChI is InChI=1S/C16H32N2.C6HF5/c1-3-4-5-6-7-8-9-10-11-12-13-18-15-14-17(2)16-18;7-2-1-3(8)5(10)6(11)4(2)9/h14-15H,3-13,16H2,1-2H3;1H. The molecule has 1 aromatic carbocycles. The van der Waals surface area contributed by atoms with Crippen molar-refractivity contribution in [3.8, 4) is 0 Å². The van der Waals surface area contributed by atoms with Gasteiger partial charge in [0, 0.05) is 32.1 Å². The van der Waals surface area contributed by atoms with E-state index in [-0.39, 0.29) is 6.07 Å². The SMILES string of the molecule is CCCCCCCCCCCCN1C=CN(C)C1.Fc1cc(F)c(F)c(F)c1F. The van der Waals surface area contributed by atoms with Crippen molar-refractivity contribution in [1.82, 2.24) is 9.80 Å². The number of hydrogen-bond donors (Lipinski definition) is 0. The zero-order chi connectivity index (χ0) is 21.6. The first-order valence-electron chi connectivity index (χ1n) is 10.5. The van der Waals surface area contributed by atoms with Gasteiger partial charge in [-0.1, -0.05) is 64.7 Å². The van der Waals surface area contributed by atoms with E-state index in [9.17, 15) is 22.0 Å². The molecule has 29 heavy (non-hydrogen) atoms. The Morgan fingerprint density at radius 2 is 1.17 bits per heavy atom. The summed E-state index contributed by atoms with van der Waals surface area (Å²) in [6, 6.07) is -0.0618. The minimum atomic E-state index is -2.14. The van der Waals surface area contributed by atoms with Gasteiger partial charge in [0.05, 0.1) is 6.67 Å². The molecule has 0 aliphatic carbocycles. The Labute approximate surface area is 171 Å². The molecule has 0 atom stereocenters. The Morgan fingerprint density at radius 3 is 1.62 bits per heavy atom. The van der Waals surface area contributed by atoms with Crippen LogP contribution in [0.3, 0.4) is 0 Å². The Bertz CT molecular complexity index is 595. The summed E-state index contributed by atoms with van der Waals surface area (Å²) in [5.74, 6) is -9.65. The number of benzene rings is 1. The van der Waals surface area contributed by atoms with E-state index >= 15 is 0 Å². The molecule has 7 heteroatoms. The summed E-state index contributed by atoms with van der Waals surface area (Å²) >= 11 is 0. The molecule has 0 bridgehead atoms. The van der Waals surface area contributed by atoms with E-state index in [1.165, 1.54) is 70.8 Å². The molecule has 0 radical (unpaired) electrons. The van der Waals surface area contributed by atoms with E-state index in [0.717, 1.165) is 6.67 Å². The highest BCUT2D eigenvalue weighted by Crippen LogP contribution is 2.16. The van der Waals surface area contributed by atoms with Crippen LogP contribution in [0.1, 0.15) is 71.1 Å². The maximum Gasteiger partial charge on any atom is 0.200 e. The molecule has 0 unspecified atom stereocenters. The number of hydrogen-bond acceptors (Lipinski definition) is 2. The molecule has 0 fully saturated rings. The lowest BCUT2D eigenvalue weighted by Gasteiger charge is -2.17. The highest BCUT2D eigenvalue weighted by atomic mass is 19.2. The number of halogens is 5. The summed E-state index contributed by atoms with van der Waals surface area (Å²) < 4.78 is 60.0. The molecule has 2 nitrogen and oxygen atoms in total. The van der Waals surface area contributed by atoms with Crippen molar-refractivity contribution >= 4 is 0 Å². The summed E-state index contributed by atoms with van der Waals surface area (Å²) in [5, 5.41) is 0. The van der Waals surface area contributed by atoms with Crippen LogP contribution in [0.5, 0.6) is 0 Å². The lowest BCUT2D eigenvalue weighted by Crippen LogP contribution is -2.23. The molecule has 0 amide bonds. The van der Waals surface area contributed by atoms with E-state index in [0.29, 0.717) is 0 Å². The molecule has 1 heterocycles. The van der Waals surface area contributed by atoms with Gasteiger partial charge in [-0.15, -0.1) is 0 Å². The monoisotopic (exact) mass is 420 g/mol. The van der Waals surface area contributed by atoms with Crippen molar-refractivity contribution < 1.29 is 22.0 Å². The van der Waals surface area contributed by atoms with Crippen molar-refractivity contribution in [2.45, 2.75) is 71.1 Å². The summed E-state index contributed by atoms with van der Waals surface area (Å²) in [7, 11) is 2.13. The second-order valence-corrected chi connectivity index (χ2v) is 7.47. The van der Waals surface area contributed by atoms with Gasteiger partial charge in [-0.25, -0.2) is 22.0 Å². The average molecular weight is 421 g/mol. The smallest absolute Gasteiger partial charge is 0.200 e. The lowest BCUT2D eigenvalue weighted by molar-refractivity contribution is 0.290. The number of nitrogens with zero attached hydrogens (tertiary/aromatic N) is 2. The number of rotatable bonds is 11. The zero-order valence-corrected chi connectivity index (χ0v) is 17.5. The van der Waals surface area contributed by atoms with Crippen LogP contribution < -0.4 is 0 Å². The third-order valence-electron chi connectivity index (χ3n) is 4.79. The molecule has 0 spiro atoms. The van der Waals surface area contributed by atoms with Crippen LogP contribution >= 0.6 is 0 Å². The fraction of sp³-hybridized carbons (Fsp3) is 0.636. The third-order valence-corrected chi connectivity index (χ3v) is 4.79. The van der Waals surface area contributed by atoms with Crippen molar-refractivity contribution in [3.63, 3.8) is 0 Å². The quantitative estimate of drug-likeness (QED) is 0.165. The predicted octanol–water partition coefficient (Wildman–Crippen LogP) is 6.97. The topological polar surface area (TPSA) is 6.48 Å². The maximum atomic E-state index is 12.0. The van der Waals surface area contributed by atoms with Gasteiger partial charge in [-0.3, -0.25) is 0 Å². The Morgan fingerprint density at radius 1 is 0.690 bits per heavy atom. The van der Waals surface area contributed by atoms with Crippen molar-refractivity contribution in [1.29, 1.82) is 0 Å². The van der Waals surface area contributed by atoms with E-state index in [1.807, 2.05) is 0 Å². The average Bonchev–Trinajstić information content (AvgIpc) is 3.12. The highest BCUT2D eigenvalue weighted by molar-refractivity contribution is 5.12. The largest absolute Gasteiger partial charge is 0.362 e. The van der Waals surface area contributed by atoms with Crippen LogP contribution in [0.25, 0.3) is 0 Å². The first-order valence-corrected chi connectivity index (χ1v) is 10.5. The van der Waals surface area contributed by atoms with Gasteiger partial charge in [0.2, 0.25) is 5.82 Å².